The molecule has 0 saturated carbocycles. The Hall–Kier alpha value is -1.60. The number of aromatic carboxylic acids is 1. The van der Waals surface area contributed by atoms with Gasteiger partial charge in [-0.25, -0.2) is 17.9 Å². The lowest BCUT2D eigenvalue weighted by Crippen LogP contribution is -2.33. The van der Waals surface area contributed by atoms with Crippen molar-refractivity contribution in [1.29, 1.82) is 0 Å². The second-order valence-electron chi connectivity index (χ2n) is 5.25. The van der Waals surface area contributed by atoms with Gasteiger partial charge in [0.15, 0.2) is 0 Å². The lowest BCUT2D eigenvalue weighted by atomic mass is 10.2. The standard InChI is InChI=1S/C14H22N2O4S/c1-5-10(4)16-21(19,20)13-8-11(14(17)18)6-7-12(13)15-9(2)3/h6-10,15-16H,5H2,1-4H3,(H,17,18)/t10-/m1/s1. The second-order valence-corrected chi connectivity index (χ2v) is 6.93. The van der Waals surface area contributed by atoms with Gasteiger partial charge >= 0.3 is 5.97 Å². The Morgan fingerprint density at radius 1 is 1.29 bits per heavy atom. The van der Waals surface area contributed by atoms with Crippen LogP contribution in [-0.4, -0.2) is 31.6 Å². The first kappa shape index (κ1) is 17.5. The molecule has 0 saturated heterocycles. The van der Waals surface area contributed by atoms with Gasteiger partial charge in [-0.1, -0.05) is 6.92 Å². The van der Waals surface area contributed by atoms with Crippen LogP contribution < -0.4 is 10.0 Å². The summed E-state index contributed by atoms with van der Waals surface area (Å²) >= 11 is 0. The summed E-state index contributed by atoms with van der Waals surface area (Å²) in [6, 6.07) is 3.84. The first-order valence-electron chi connectivity index (χ1n) is 6.83. The Morgan fingerprint density at radius 3 is 2.38 bits per heavy atom. The molecular weight excluding hydrogens is 292 g/mol. The zero-order valence-electron chi connectivity index (χ0n) is 12.7. The summed E-state index contributed by atoms with van der Waals surface area (Å²) in [5.74, 6) is -1.16. The van der Waals surface area contributed by atoms with Crippen LogP contribution in [0.2, 0.25) is 0 Å². The van der Waals surface area contributed by atoms with Gasteiger partial charge in [0.2, 0.25) is 10.0 Å². The first-order valence-corrected chi connectivity index (χ1v) is 8.32. The van der Waals surface area contributed by atoms with E-state index in [9.17, 15) is 13.2 Å². The molecule has 0 aliphatic rings. The lowest BCUT2D eigenvalue weighted by molar-refractivity contribution is 0.0696. The molecular formula is C14H22N2O4S. The number of anilines is 1. The maximum atomic E-state index is 12.4. The lowest BCUT2D eigenvalue weighted by Gasteiger charge is -2.18. The summed E-state index contributed by atoms with van der Waals surface area (Å²) < 4.78 is 27.4. The van der Waals surface area contributed by atoms with Gasteiger partial charge in [-0.15, -0.1) is 0 Å². The van der Waals surface area contributed by atoms with E-state index in [1.807, 2.05) is 20.8 Å². The Labute approximate surface area is 125 Å². The van der Waals surface area contributed by atoms with Gasteiger partial charge in [0.1, 0.15) is 4.90 Å². The van der Waals surface area contributed by atoms with Crippen LogP contribution in [0.5, 0.6) is 0 Å². The minimum Gasteiger partial charge on any atom is -0.478 e. The molecule has 0 spiro atoms. The van der Waals surface area contributed by atoms with Crippen molar-refractivity contribution in [2.75, 3.05) is 5.32 Å². The van der Waals surface area contributed by atoms with Crippen LogP contribution in [0.1, 0.15) is 44.5 Å². The predicted molar refractivity (Wildman–Crippen MR) is 82.2 cm³/mol. The average Bonchev–Trinajstić information content (AvgIpc) is 2.37. The van der Waals surface area contributed by atoms with E-state index in [2.05, 4.69) is 10.0 Å². The summed E-state index contributed by atoms with van der Waals surface area (Å²) in [7, 11) is -3.78. The molecule has 0 unspecified atom stereocenters. The molecule has 7 heteroatoms. The van der Waals surface area contributed by atoms with Crippen molar-refractivity contribution in [3.63, 3.8) is 0 Å². The molecule has 1 rings (SSSR count). The van der Waals surface area contributed by atoms with Gasteiger partial charge in [0, 0.05) is 12.1 Å². The molecule has 1 aromatic rings. The predicted octanol–water partition coefficient (Wildman–Crippen LogP) is 2.28. The van der Waals surface area contributed by atoms with Crippen LogP contribution in [-0.2, 0) is 10.0 Å². The molecule has 1 atom stereocenters. The third-order valence-corrected chi connectivity index (χ3v) is 4.56. The zero-order valence-corrected chi connectivity index (χ0v) is 13.5. The first-order chi connectivity index (χ1) is 9.67. The van der Waals surface area contributed by atoms with Gasteiger partial charge in [0.25, 0.3) is 0 Å². The van der Waals surface area contributed by atoms with Gasteiger partial charge in [0.05, 0.1) is 11.3 Å². The molecule has 0 radical (unpaired) electrons. The Balaban J connectivity index is 3.34. The molecule has 0 bridgehead atoms. The number of carbonyl (C=O) groups is 1. The van der Waals surface area contributed by atoms with E-state index in [0.717, 1.165) is 0 Å². The van der Waals surface area contributed by atoms with Crippen LogP contribution in [0.3, 0.4) is 0 Å². The van der Waals surface area contributed by atoms with Crippen molar-refractivity contribution in [3.05, 3.63) is 23.8 Å². The molecule has 6 nitrogen and oxygen atoms in total. The van der Waals surface area contributed by atoms with Crippen molar-refractivity contribution in [3.8, 4) is 0 Å². The van der Waals surface area contributed by atoms with E-state index >= 15 is 0 Å². The minimum atomic E-state index is -3.78. The third-order valence-electron chi connectivity index (χ3n) is 2.93. The summed E-state index contributed by atoms with van der Waals surface area (Å²) in [5.41, 5.74) is 0.333. The normalized spacial score (nSPS) is 13.2. The number of rotatable bonds is 7. The Morgan fingerprint density at radius 2 is 1.90 bits per heavy atom. The largest absolute Gasteiger partial charge is 0.478 e. The zero-order chi connectivity index (χ0) is 16.2. The van der Waals surface area contributed by atoms with E-state index in [1.54, 1.807) is 6.92 Å². The molecule has 0 aliphatic carbocycles. The fourth-order valence-electron chi connectivity index (χ4n) is 1.72. The number of benzene rings is 1. The van der Waals surface area contributed by atoms with Gasteiger partial charge in [-0.2, -0.15) is 0 Å². The quantitative estimate of drug-likeness (QED) is 0.717. The Bertz CT molecular complexity index is 611. The van der Waals surface area contributed by atoms with Crippen LogP contribution >= 0.6 is 0 Å². The highest BCUT2D eigenvalue weighted by Gasteiger charge is 2.22. The monoisotopic (exact) mass is 314 g/mol. The topological polar surface area (TPSA) is 95.5 Å². The Kier molecular flexibility index (Phi) is 5.74. The van der Waals surface area contributed by atoms with Crippen molar-refractivity contribution >= 4 is 21.7 Å². The van der Waals surface area contributed by atoms with Crippen molar-refractivity contribution in [1.82, 2.24) is 4.72 Å². The molecule has 0 heterocycles. The van der Waals surface area contributed by atoms with Crippen molar-refractivity contribution in [2.45, 2.75) is 51.1 Å². The number of hydrogen-bond acceptors (Lipinski definition) is 4. The number of carboxylic acids is 1. The number of nitrogens with one attached hydrogen (secondary N) is 2. The molecule has 0 fully saturated rings. The van der Waals surface area contributed by atoms with E-state index in [0.29, 0.717) is 12.1 Å². The van der Waals surface area contributed by atoms with Crippen LogP contribution in [0.4, 0.5) is 5.69 Å². The van der Waals surface area contributed by atoms with E-state index in [1.165, 1.54) is 18.2 Å². The SMILES string of the molecule is CC[C@@H](C)NS(=O)(=O)c1cc(C(=O)O)ccc1NC(C)C. The highest BCUT2D eigenvalue weighted by Crippen LogP contribution is 2.24. The minimum absolute atomic E-state index is 0.0261. The highest BCUT2D eigenvalue weighted by molar-refractivity contribution is 7.89. The van der Waals surface area contributed by atoms with Crippen LogP contribution in [0, 0.1) is 0 Å². The van der Waals surface area contributed by atoms with Crippen molar-refractivity contribution in [2.24, 2.45) is 0 Å². The summed E-state index contributed by atoms with van der Waals surface area (Å²) in [6.45, 7) is 7.38. The molecule has 0 aromatic heterocycles. The molecule has 0 amide bonds. The van der Waals surface area contributed by atoms with E-state index in [-0.39, 0.29) is 22.5 Å². The molecule has 3 N–H and O–H groups in total. The number of carboxylic acid groups (broad SMARTS) is 1. The van der Waals surface area contributed by atoms with Crippen molar-refractivity contribution < 1.29 is 18.3 Å². The van der Waals surface area contributed by atoms with Crippen LogP contribution in [0.25, 0.3) is 0 Å². The maximum absolute atomic E-state index is 12.4. The van der Waals surface area contributed by atoms with E-state index in [4.69, 9.17) is 5.11 Å². The van der Waals surface area contributed by atoms with Gasteiger partial charge in [-0.3, -0.25) is 0 Å². The maximum Gasteiger partial charge on any atom is 0.335 e. The summed E-state index contributed by atoms with van der Waals surface area (Å²) in [5, 5.41) is 12.1. The number of sulfonamides is 1. The molecule has 0 aliphatic heterocycles. The van der Waals surface area contributed by atoms with Gasteiger partial charge < -0.3 is 10.4 Å². The highest BCUT2D eigenvalue weighted by atomic mass is 32.2. The third kappa shape index (κ3) is 4.71. The summed E-state index contributed by atoms with van der Waals surface area (Å²) in [4.78, 5) is 11.0. The van der Waals surface area contributed by atoms with Gasteiger partial charge in [-0.05, 0) is 45.4 Å². The fraction of sp³-hybridized carbons (Fsp3) is 0.500. The van der Waals surface area contributed by atoms with Crippen LogP contribution in [0.15, 0.2) is 23.1 Å². The fourth-order valence-corrected chi connectivity index (χ4v) is 3.24. The molecule has 21 heavy (non-hydrogen) atoms. The average molecular weight is 314 g/mol. The molecule has 1 aromatic carbocycles. The summed E-state index contributed by atoms with van der Waals surface area (Å²) in [6.07, 6.45) is 0.644. The van der Waals surface area contributed by atoms with E-state index < -0.39 is 16.0 Å². The molecule has 118 valence electrons. The second kappa shape index (κ2) is 6.91. The number of hydrogen-bond donors (Lipinski definition) is 3. The smallest absolute Gasteiger partial charge is 0.335 e.